The summed E-state index contributed by atoms with van der Waals surface area (Å²) < 4.78 is 0. The predicted molar refractivity (Wildman–Crippen MR) is 72.2 cm³/mol. The topological polar surface area (TPSA) is 47.7 Å². The Bertz CT molecular complexity index is 525. The van der Waals surface area contributed by atoms with Gasteiger partial charge in [0, 0.05) is 0 Å². The molecule has 0 aliphatic carbocycles. The highest BCUT2D eigenvalue weighted by Gasteiger charge is 1.99. The molecule has 0 atom stereocenters. The van der Waals surface area contributed by atoms with E-state index in [1.165, 1.54) is 11.6 Å². The summed E-state index contributed by atoms with van der Waals surface area (Å²) in [6, 6.07) is 17.9. The molecule has 2 aromatic rings. The largest absolute Gasteiger partial charge is 0.705 e. The first kappa shape index (κ1) is 11.1. The van der Waals surface area contributed by atoms with E-state index < -0.39 is 0 Å². The van der Waals surface area contributed by atoms with Crippen molar-refractivity contribution in [1.82, 2.24) is 0 Å². The summed E-state index contributed by atoms with van der Waals surface area (Å²) in [6.45, 7) is 0. The Morgan fingerprint density at radius 2 is 1.47 bits per heavy atom. The van der Waals surface area contributed by atoms with Crippen LogP contribution >= 0.6 is 0 Å². The third kappa shape index (κ3) is 2.61. The number of hydrogen-bond donors (Lipinski definition) is 1. The number of hydrogen-bond acceptors (Lipinski definition) is 1. The summed E-state index contributed by atoms with van der Waals surface area (Å²) in [5, 5.41) is 7.70. The first-order valence-electron chi connectivity index (χ1n) is 5.39. The lowest BCUT2D eigenvalue weighted by atomic mass is 10.0. The third-order valence-corrected chi connectivity index (χ3v) is 2.55. The number of rotatable bonds is 3. The molecule has 2 N–H and O–H groups in total. The molecule has 2 rings (SSSR count). The maximum Gasteiger partial charge on any atom is 0.0594 e. The third-order valence-electron chi connectivity index (χ3n) is 2.55. The van der Waals surface area contributed by atoms with Crippen LogP contribution in [-0.4, -0.2) is 5.71 Å². The van der Waals surface area contributed by atoms with E-state index >= 15 is 0 Å². The highest BCUT2D eigenvalue weighted by Crippen LogP contribution is 2.19. The molecule has 0 aromatic heterocycles. The van der Waals surface area contributed by atoms with Crippen LogP contribution in [-0.2, 0) is 0 Å². The zero-order valence-corrected chi connectivity index (χ0v) is 9.35. The van der Waals surface area contributed by atoms with Crippen molar-refractivity contribution in [2.24, 2.45) is 0 Å². The Morgan fingerprint density at radius 3 is 2.06 bits per heavy atom. The monoisotopic (exact) mass is 221 g/mol. The quantitative estimate of drug-likeness (QED) is 0.752. The number of benzene rings is 2. The van der Waals surface area contributed by atoms with Crippen LogP contribution < -0.4 is 0 Å². The van der Waals surface area contributed by atoms with E-state index in [2.05, 4.69) is 12.1 Å². The first-order chi connectivity index (χ1) is 8.31. The van der Waals surface area contributed by atoms with Gasteiger partial charge < -0.3 is 11.1 Å². The summed E-state index contributed by atoms with van der Waals surface area (Å²) in [5.41, 5.74) is 10.4. The van der Waals surface area contributed by atoms with Gasteiger partial charge in [-0.15, -0.1) is 0 Å². The SMILES string of the molecule is N=C(/C=C\[NH-])c1ccc(-c2ccccc2)cc1. The minimum absolute atomic E-state index is 0.361. The molecule has 0 saturated heterocycles. The average molecular weight is 221 g/mol. The summed E-state index contributed by atoms with van der Waals surface area (Å²) in [6.07, 6.45) is 2.60. The highest BCUT2D eigenvalue weighted by atomic mass is 14.5. The van der Waals surface area contributed by atoms with Gasteiger partial charge in [-0.25, -0.2) is 0 Å². The smallest absolute Gasteiger partial charge is 0.0594 e. The molecule has 0 saturated carbocycles. The molecular formula is C15H13N2-. The Kier molecular flexibility index (Phi) is 3.36. The van der Waals surface area contributed by atoms with E-state index in [0.29, 0.717) is 5.71 Å². The molecule has 0 unspecified atom stereocenters. The van der Waals surface area contributed by atoms with Crippen LogP contribution in [0.2, 0.25) is 0 Å². The van der Waals surface area contributed by atoms with Crippen LogP contribution in [0.5, 0.6) is 0 Å². The lowest BCUT2D eigenvalue weighted by molar-refractivity contribution is 1.49. The van der Waals surface area contributed by atoms with E-state index in [9.17, 15) is 0 Å². The van der Waals surface area contributed by atoms with Crippen molar-refractivity contribution in [3.8, 4) is 11.1 Å². The average Bonchev–Trinajstić information content (AvgIpc) is 2.40. The van der Waals surface area contributed by atoms with Gasteiger partial charge in [0.1, 0.15) is 0 Å². The lowest BCUT2D eigenvalue weighted by Gasteiger charge is -2.04. The molecule has 17 heavy (non-hydrogen) atoms. The van der Waals surface area contributed by atoms with Gasteiger partial charge in [-0.3, -0.25) is 0 Å². The van der Waals surface area contributed by atoms with Crippen molar-refractivity contribution in [2.75, 3.05) is 0 Å². The van der Waals surface area contributed by atoms with E-state index in [1.807, 2.05) is 42.5 Å². The molecule has 0 heterocycles. The van der Waals surface area contributed by atoms with Crippen LogP contribution in [0.15, 0.2) is 66.9 Å². The molecule has 0 bridgehead atoms. The highest BCUT2D eigenvalue weighted by molar-refractivity contribution is 6.06. The molecule has 0 aliphatic heterocycles. The van der Waals surface area contributed by atoms with Gasteiger partial charge in [-0.1, -0.05) is 60.7 Å². The molecular weight excluding hydrogens is 208 g/mol. The summed E-state index contributed by atoms with van der Waals surface area (Å²) in [7, 11) is 0. The Hall–Kier alpha value is -2.35. The summed E-state index contributed by atoms with van der Waals surface area (Å²) in [4.78, 5) is 0. The maximum atomic E-state index is 7.70. The van der Waals surface area contributed by atoms with Gasteiger partial charge in [0.05, 0.1) is 5.71 Å². The van der Waals surface area contributed by atoms with Crippen molar-refractivity contribution in [3.63, 3.8) is 0 Å². The number of nitrogens with one attached hydrogen (secondary N) is 2. The molecule has 84 valence electrons. The fourth-order valence-corrected chi connectivity index (χ4v) is 1.65. The Labute approximate surface area is 101 Å². The normalized spacial score (nSPS) is 10.6. The molecule has 0 fully saturated rings. The first-order valence-corrected chi connectivity index (χ1v) is 5.39. The molecule has 0 amide bonds. The molecule has 2 aromatic carbocycles. The van der Waals surface area contributed by atoms with E-state index in [0.717, 1.165) is 17.3 Å². The van der Waals surface area contributed by atoms with Gasteiger partial charge in [0.15, 0.2) is 0 Å². The Balaban J connectivity index is 2.28. The van der Waals surface area contributed by atoms with Gasteiger partial charge in [0.2, 0.25) is 0 Å². The maximum absolute atomic E-state index is 7.70. The Morgan fingerprint density at radius 1 is 0.882 bits per heavy atom. The minimum Gasteiger partial charge on any atom is -0.705 e. The standard InChI is InChI=1S/C15H13N2/c16-11-10-15(17)14-8-6-13(7-9-14)12-4-2-1-3-5-12/h1-11,16-17H/q-1/b11-10-,17-15?. The van der Waals surface area contributed by atoms with Gasteiger partial charge >= 0.3 is 0 Å². The van der Waals surface area contributed by atoms with Crippen LogP contribution in [0.1, 0.15) is 5.56 Å². The van der Waals surface area contributed by atoms with Gasteiger partial charge in [-0.05, 0) is 16.7 Å². The van der Waals surface area contributed by atoms with Crippen LogP contribution in [0.25, 0.3) is 16.9 Å². The van der Waals surface area contributed by atoms with Crippen LogP contribution in [0, 0.1) is 5.41 Å². The molecule has 2 heteroatoms. The summed E-state index contributed by atoms with van der Waals surface area (Å²) >= 11 is 0. The van der Waals surface area contributed by atoms with Crippen molar-refractivity contribution < 1.29 is 0 Å². The predicted octanol–water partition coefficient (Wildman–Crippen LogP) is 4.29. The fourth-order valence-electron chi connectivity index (χ4n) is 1.65. The molecule has 2 nitrogen and oxygen atoms in total. The lowest BCUT2D eigenvalue weighted by Crippen LogP contribution is -1.93. The van der Waals surface area contributed by atoms with E-state index in [1.54, 1.807) is 0 Å². The second-order valence-electron chi connectivity index (χ2n) is 3.69. The van der Waals surface area contributed by atoms with E-state index in [-0.39, 0.29) is 0 Å². The molecule has 0 radical (unpaired) electrons. The number of allylic oxidation sites excluding steroid dienone is 1. The summed E-state index contributed by atoms with van der Waals surface area (Å²) in [5.74, 6) is 0. The van der Waals surface area contributed by atoms with E-state index in [4.69, 9.17) is 11.1 Å². The van der Waals surface area contributed by atoms with Gasteiger partial charge in [0.25, 0.3) is 0 Å². The van der Waals surface area contributed by atoms with Gasteiger partial charge in [-0.2, -0.15) is 6.20 Å². The second kappa shape index (κ2) is 5.12. The minimum atomic E-state index is 0.361. The van der Waals surface area contributed by atoms with Crippen LogP contribution in [0.4, 0.5) is 0 Å². The molecule has 0 aliphatic rings. The molecule has 0 spiro atoms. The van der Waals surface area contributed by atoms with Crippen molar-refractivity contribution >= 4 is 5.71 Å². The zero-order valence-electron chi connectivity index (χ0n) is 9.35. The van der Waals surface area contributed by atoms with Crippen molar-refractivity contribution in [1.29, 1.82) is 5.41 Å². The van der Waals surface area contributed by atoms with Crippen LogP contribution in [0.3, 0.4) is 0 Å². The van der Waals surface area contributed by atoms with Crippen molar-refractivity contribution in [3.05, 3.63) is 78.2 Å². The zero-order chi connectivity index (χ0) is 12.1. The fraction of sp³-hybridized carbons (Fsp3) is 0. The second-order valence-corrected chi connectivity index (χ2v) is 3.69. The van der Waals surface area contributed by atoms with Crippen molar-refractivity contribution in [2.45, 2.75) is 0 Å².